The average Bonchev–Trinajstić information content (AvgIpc) is 2.04. The first-order valence-electron chi connectivity index (χ1n) is 4.10. The topological polar surface area (TPSA) is 74.6 Å². The van der Waals surface area contributed by atoms with Crippen LogP contribution in [0.5, 0.6) is 0 Å². The normalized spacial score (nSPS) is 13.8. The molecular weight excluding hydrogens is 172 g/mol. The predicted molar refractivity (Wildman–Crippen MR) is 47.4 cm³/mol. The van der Waals surface area contributed by atoms with E-state index < -0.39 is 17.9 Å². The molecule has 0 aromatic heterocycles. The zero-order valence-corrected chi connectivity index (χ0v) is 7.78. The minimum absolute atomic E-state index is 0.271. The zero-order valence-electron chi connectivity index (χ0n) is 7.78. The van der Waals surface area contributed by atoms with E-state index in [0.29, 0.717) is 12.8 Å². The molecule has 0 aliphatic rings. The smallest absolute Gasteiger partial charge is 0.331 e. The molecule has 0 bridgehead atoms. The molecule has 0 rings (SSSR count). The Hall–Kier alpha value is -1.32. The highest BCUT2D eigenvalue weighted by molar-refractivity contribution is 5.86. The van der Waals surface area contributed by atoms with Crippen LogP contribution in [0.1, 0.15) is 26.7 Å². The molecule has 74 valence electrons. The fourth-order valence-corrected chi connectivity index (χ4v) is 0.870. The second kappa shape index (κ2) is 5.35. The van der Waals surface area contributed by atoms with E-state index in [1.54, 1.807) is 13.8 Å². The van der Waals surface area contributed by atoms with Crippen LogP contribution in [0, 0.1) is 5.92 Å². The van der Waals surface area contributed by atoms with E-state index >= 15 is 0 Å². The maximum absolute atomic E-state index is 10.5. The van der Waals surface area contributed by atoms with Crippen molar-refractivity contribution in [3.8, 4) is 0 Å². The molecule has 4 nitrogen and oxygen atoms in total. The Labute approximate surface area is 76.9 Å². The molecule has 0 spiro atoms. The van der Waals surface area contributed by atoms with Gasteiger partial charge in [-0.2, -0.15) is 0 Å². The lowest BCUT2D eigenvalue weighted by Crippen LogP contribution is -2.11. The Bertz CT molecular complexity index is 230. The van der Waals surface area contributed by atoms with Crippen LogP contribution in [-0.2, 0) is 9.59 Å². The lowest BCUT2D eigenvalue weighted by Gasteiger charge is -2.05. The summed E-state index contributed by atoms with van der Waals surface area (Å²) in [7, 11) is 0. The number of hydrogen-bond acceptors (Lipinski definition) is 2. The molecule has 0 fully saturated rings. The van der Waals surface area contributed by atoms with Crippen LogP contribution in [0.25, 0.3) is 0 Å². The van der Waals surface area contributed by atoms with Crippen LogP contribution in [0.3, 0.4) is 0 Å². The predicted octanol–water partition coefficient (Wildman–Crippen LogP) is 1.52. The molecule has 0 amide bonds. The molecule has 0 saturated heterocycles. The van der Waals surface area contributed by atoms with Gasteiger partial charge in [0.25, 0.3) is 0 Å². The average molecular weight is 186 g/mol. The van der Waals surface area contributed by atoms with E-state index in [1.165, 1.54) is 6.08 Å². The Morgan fingerprint density at radius 3 is 2.23 bits per heavy atom. The molecule has 0 aromatic carbocycles. The van der Waals surface area contributed by atoms with E-state index in [1.807, 2.05) is 0 Å². The summed E-state index contributed by atoms with van der Waals surface area (Å²) in [4.78, 5) is 20.9. The van der Waals surface area contributed by atoms with Crippen molar-refractivity contribution in [3.05, 3.63) is 11.6 Å². The maximum atomic E-state index is 10.5. The number of rotatable bonds is 5. The van der Waals surface area contributed by atoms with Crippen molar-refractivity contribution in [3.63, 3.8) is 0 Å². The summed E-state index contributed by atoms with van der Waals surface area (Å²) in [5.41, 5.74) is 0.271. The number of carboxylic acids is 2. The number of allylic oxidation sites excluding steroid dienone is 1. The zero-order chi connectivity index (χ0) is 10.4. The molecule has 1 unspecified atom stereocenters. The Morgan fingerprint density at radius 1 is 1.38 bits per heavy atom. The van der Waals surface area contributed by atoms with Gasteiger partial charge in [0.1, 0.15) is 0 Å². The molecule has 0 saturated carbocycles. The van der Waals surface area contributed by atoms with Gasteiger partial charge < -0.3 is 10.2 Å². The van der Waals surface area contributed by atoms with E-state index in [-0.39, 0.29) is 5.57 Å². The molecule has 0 aromatic rings. The van der Waals surface area contributed by atoms with Crippen molar-refractivity contribution in [1.82, 2.24) is 0 Å². The molecule has 1 atom stereocenters. The first-order chi connectivity index (χ1) is 5.99. The number of carboxylic acid groups (broad SMARTS) is 2. The summed E-state index contributed by atoms with van der Waals surface area (Å²) >= 11 is 0. The summed E-state index contributed by atoms with van der Waals surface area (Å²) in [6, 6.07) is 0. The second-order valence-electron chi connectivity index (χ2n) is 2.90. The largest absolute Gasteiger partial charge is 0.481 e. The van der Waals surface area contributed by atoms with Crippen molar-refractivity contribution in [2.45, 2.75) is 26.7 Å². The third-order valence-electron chi connectivity index (χ3n) is 1.89. The minimum atomic E-state index is -0.972. The van der Waals surface area contributed by atoms with Crippen LogP contribution in [-0.4, -0.2) is 22.2 Å². The quantitative estimate of drug-likeness (QED) is 0.638. The van der Waals surface area contributed by atoms with Crippen molar-refractivity contribution in [2.24, 2.45) is 5.92 Å². The third-order valence-corrected chi connectivity index (χ3v) is 1.89. The lowest BCUT2D eigenvalue weighted by molar-refractivity contribution is -0.141. The van der Waals surface area contributed by atoms with Crippen molar-refractivity contribution >= 4 is 11.9 Å². The highest BCUT2D eigenvalue weighted by atomic mass is 16.4. The molecule has 0 aliphatic heterocycles. The minimum Gasteiger partial charge on any atom is -0.481 e. The Kier molecular flexibility index (Phi) is 4.80. The third kappa shape index (κ3) is 4.30. The molecule has 2 N–H and O–H groups in total. The van der Waals surface area contributed by atoms with Gasteiger partial charge in [-0.25, -0.2) is 4.79 Å². The summed E-state index contributed by atoms with van der Waals surface area (Å²) in [6.07, 6.45) is 2.16. The lowest BCUT2D eigenvalue weighted by atomic mass is 10.0. The molecular formula is C9H14O4. The standard InChI is InChI=1S/C9H14O4/c1-3-7(9(12)13)5-4-6(2)8(10)11/h3,6H,4-5H2,1-2H3,(H,10,11)(H,12,13)/b7-3-. The van der Waals surface area contributed by atoms with Gasteiger partial charge >= 0.3 is 11.9 Å². The van der Waals surface area contributed by atoms with Gasteiger partial charge in [0, 0.05) is 5.57 Å². The molecule has 0 radical (unpaired) electrons. The summed E-state index contributed by atoms with van der Waals surface area (Å²) < 4.78 is 0. The fourth-order valence-electron chi connectivity index (χ4n) is 0.870. The number of hydrogen-bond donors (Lipinski definition) is 2. The first kappa shape index (κ1) is 11.7. The highest BCUT2D eigenvalue weighted by Gasteiger charge is 2.13. The number of aliphatic carboxylic acids is 2. The SMILES string of the molecule is C/C=C(/CCC(C)C(=O)O)C(=O)O. The van der Waals surface area contributed by atoms with Gasteiger partial charge in [-0.15, -0.1) is 0 Å². The molecule has 0 heterocycles. The molecule has 13 heavy (non-hydrogen) atoms. The Balaban J connectivity index is 4.01. The summed E-state index contributed by atoms with van der Waals surface area (Å²) in [5, 5.41) is 17.1. The summed E-state index contributed by atoms with van der Waals surface area (Å²) in [6.45, 7) is 3.20. The van der Waals surface area contributed by atoms with Crippen LogP contribution in [0.4, 0.5) is 0 Å². The maximum Gasteiger partial charge on any atom is 0.331 e. The van der Waals surface area contributed by atoms with Crippen molar-refractivity contribution in [2.75, 3.05) is 0 Å². The van der Waals surface area contributed by atoms with Crippen molar-refractivity contribution in [1.29, 1.82) is 0 Å². The van der Waals surface area contributed by atoms with E-state index in [0.717, 1.165) is 0 Å². The van der Waals surface area contributed by atoms with Crippen LogP contribution in [0.2, 0.25) is 0 Å². The van der Waals surface area contributed by atoms with Crippen molar-refractivity contribution < 1.29 is 19.8 Å². The van der Waals surface area contributed by atoms with Gasteiger partial charge in [0.05, 0.1) is 5.92 Å². The highest BCUT2D eigenvalue weighted by Crippen LogP contribution is 2.12. The van der Waals surface area contributed by atoms with Gasteiger partial charge in [0.2, 0.25) is 0 Å². The first-order valence-corrected chi connectivity index (χ1v) is 4.10. The number of carbonyl (C=O) groups is 2. The van der Waals surface area contributed by atoms with E-state index in [2.05, 4.69) is 0 Å². The van der Waals surface area contributed by atoms with Crippen LogP contribution in [0.15, 0.2) is 11.6 Å². The van der Waals surface area contributed by atoms with Crippen LogP contribution < -0.4 is 0 Å². The summed E-state index contributed by atoms with van der Waals surface area (Å²) in [5.74, 6) is -2.35. The fraction of sp³-hybridized carbons (Fsp3) is 0.556. The Morgan fingerprint density at radius 2 is 1.92 bits per heavy atom. The second-order valence-corrected chi connectivity index (χ2v) is 2.90. The monoisotopic (exact) mass is 186 g/mol. The van der Waals surface area contributed by atoms with Gasteiger partial charge in [-0.05, 0) is 19.8 Å². The van der Waals surface area contributed by atoms with Gasteiger partial charge in [0.15, 0.2) is 0 Å². The molecule has 0 aliphatic carbocycles. The van der Waals surface area contributed by atoms with E-state index in [9.17, 15) is 9.59 Å². The van der Waals surface area contributed by atoms with Gasteiger partial charge in [-0.1, -0.05) is 13.0 Å². The van der Waals surface area contributed by atoms with E-state index in [4.69, 9.17) is 10.2 Å². The molecule has 4 heteroatoms. The van der Waals surface area contributed by atoms with Crippen LogP contribution >= 0.6 is 0 Å². The van der Waals surface area contributed by atoms with Gasteiger partial charge in [-0.3, -0.25) is 4.79 Å².